The van der Waals surface area contributed by atoms with Crippen molar-refractivity contribution < 1.29 is 22.0 Å². The smallest absolute Gasteiger partial charge is 0.260 e. The third-order valence-corrected chi connectivity index (χ3v) is 8.67. The Kier molecular flexibility index (Phi) is 6.30. The number of pyridine rings is 1. The second-order valence-electron chi connectivity index (χ2n) is 8.08. The Balaban J connectivity index is 1.50. The molecule has 1 aliphatic heterocycles. The maximum absolute atomic E-state index is 14.3. The Morgan fingerprint density at radius 3 is 2.49 bits per heavy atom. The monoisotopic (exact) mass is 514 g/mol. The van der Waals surface area contributed by atoms with Crippen LogP contribution in [0.25, 0.3) is 10.2 Å². The van der Waals surface area contributed by atoms with E-state index in [1.54, 1.807) is 24.4 Å². The number of aromatic nitrogens is 2. The molecule has 3 heterocycles. The van der Waals surface area contributed by atoms with Gasteiger partial charge in [0, 0.05) is 30.9 Å². The molecule has 1 aliphatic rings. The number of fused-ring (bicyclic) bond motifs is 1. The molecule has 0 radical (unpaired) electrons. The van der Waals surface area contributed by atoms with Crippen LogP contribution in [0.1, 0.15) is 28.9 Å². The summed E-state index contributed by atoms with van der Waals surface area (Å²) in [7, 11) is -3.62. The van der Waals surface area contributed by atoms with Gasteiger partial charge in [-0.25, -0.2) is 22.2 Å². The molecule has 1 fully saturated rings. The third kappa shape index (κ3) is 4.66. The van der Waals surface area contributed by atoms with Gasteiger partial charge < -0.3 is 0 Å². The zero-order valence-electron chi connectivity index (χ0n) is 18.4. The number of hydrogen-bond acceptors (Lipinski definition) is 6. The molecule has 0 spiro atoms. The van der Waals surface area contributed by atoms with Crippen molar-refractivity contribution >= 4 is 42.6 Å². The topological polar surface area (TPSA) is 83.5 Å². The average molecular weight is 515 g/mol. The summed E-state index contributed by atoms with van der Waals surface area (Å²) in [5.74, 6) is -2.02. The highest BCUT2D eigenvalue weighted by molar-refractivity contribution is 7.89. The molecule has 11 heteroatoms. The quantitative estimate of drug-likeness (QED) is 0.376. The van der Waals surface area contributed by atoms with E-state index >= 15 is 0 Å². The van der Waals surface area contributed by atoms with Crippen LogP contribution in [0.4, 0.5) is 13.9 Å². The summed E-state index contributed by atoms with van der Waals surface area (Å²) in [6.07, 6.45) is 3.24. The summed E-state index contributed by atoms with van der Waals surface area (Å²) in [6, 6.07) is 12.9. The lowest BCUT2D eigenvalue weighted by molar-refractivity contribution is 0.0984. The summed E-state index contributed by atoms with van der Waals surface area (Å²) in [5, 5.41) is 0.175. The van der Waals surface area contributed by atoms with Crippen LogP contribution < -0.4 is 4.90 Å². The highest BCUT2D eigenvalue weighted by Crippen LogP contribution is 2.33. The Morgan fingerprint density at radius 1 is 1.06 bits per heavy atom. The van der Waals surface area contributed by atoms with Gasteiger partial charge in [0.1, 0.15) is 11.3 Å². The summed E-state index contributed by atoms with van der Waals surface area (Å²) >= 11 is 0.984. The number of sulfonamides is 1. The first-order chi connectivity index (χ1) is 16.8. The molecule has 0 saturated carbocycles. The highest BCUT2D eigenvalue weighted by atomic mass is 32.2. The summed E-state index contributed by atoms with van der Waals surface area (Å²) < 4.78 is 55.3. The molecular weight excluding hydrogens is 494 g/mol. The standard InChI is InChI=1S/C24H20F2N4O3S2/c25-17-13-20(26)22-21(14-17)34-24(28-22)30(15-18-5-1-2-10-27-18)23(31)16-6-8-19(9-7-16)35(32,33)29-11-3-4-12-29/h1-2,5-10,13-14H,3-4,11-12,15H2. The Morgan fingerprint density at radius 2 is 1.80 bits per heavy atom. The van der Waals surface area contributed by atoms with Gasteiger partial charge in [0.15, 0.2) is 10.9 Å². The van der Waals surface area contributed by atoms with Gasteiger partial charge in [-0.15, -0.1) is 0 Å². The third-order valence-electron chi connectivity index (χ3n) is 5.73. The Labute approximate surface area is 204 Å². The van der Waals surface area contributed by atoms with E-state index in [0.29, 0.717) is 18.8 Å². The number of carbonyl (C=O) groups is 1. The Hall–Kier alpha value is -3.28. The number of amides is 1. The van der Waals surface area contributed by atoms with Crippen LogP contribution in [0.15, 0.2) is 65.7 Å². The predicted octanol–water partition coefficient (Wildman–Crippen LogP) is 4.60. The number of halogens is 2. The van der Waals surface area contributed by atoms with E-state index in [1.807, 2.05) is 0 Å². The van der Waals surface area contributed by atoms with Gasteiger partial charge in [-0.3, -0.25) is 14.7 Å². The van der Waals surface area contributed by atoms with Gasteiger partial charge in [0.2, 0.25) is 10.0 Å². The van der Waals surface area contributed by atoms with Crippen molar-refractivity contribution in [1.29, 1.82) is 0 Å². The van der Waals surface area contributed by atoms with Crippen LogP contribution in [0.2, 0.25) is 0 Å². The summed E-state index contributed by atoms with van der Waals surface area (Å²) in [5.41, 5.74) is 0.768. The van der Waals surface area contributed by atoms with Gasteiger partial charge in [0.05, 0.1) is 21.8 Å². The number of carbonyl (C=O) groups excluding carboxylic acids is 1. The minimum Gasteiger partial charge on any atom is -0.278 e. The molecule has 4 aromatic rings. The molecule has 1 saturated heterocycles. The second kappa shape index (κ2) is 9.40. The van der Waals surface area contributed by atoms with Crippen molar-refractivity contribution in [3.05, 3.63) is 83.7 Å². The number of hydrogen-bond donors (Lipinski definition) is 0. The normalized spacial score (nSPS) is 14.5. The molecule has 0 atom stereocenters. The molecule has 2 aromatic carbocycles. The number of benzene rings is 2. The van der Waals surface area contributed by atoms with E-state index in [1.165, 1.54) is 39.5 Å². The number of anilines is 1. The predicted molar refractivity (Wildman–Crippen MR) is 129 cm³/mol. The number of rotatable bonds is 6. The molecule has 0 bridgehead atoms. The van der Waals surface area contributed by atoms with Gasteiger partial charge >= 0.3 is 0 Å². The van der Waals surface area contributed by atoms with Crippen molar-refractivity contribution in [3.8, 4) is 0 Å². The SMILES string of the molecule is O=C(c1ccc(S(=O)(=O)N2CCCC2)cc1)N(Cc1ccccn1)c1nc2c(F)cc(F)cc2s1. The fraction of sp³-hybridized carbons (Fsp3) is 0.208. The van der Waals surface area contributed by atoms with Crippen LogP contribution in [0.3, 0.4) is 0 Å². The van der Waals surface area contributed by atoms with Crippen molar-refractivity contribution in [2.75, 3.05) is 18.0 Å². The largest absolute Gasteiger partial charge is 0.278 e. The first kappa shape index (κ1) is 23.5. The molecule has 180 valence electrons. The van der Waals surface area contributed by atoms with Crippen LogP contribution in [0.5, 0.6) is 0 Å². The zero-order valence-corrected chi connectivity index (χ0v) is 20.0. The van der Waals surface area contributed by atoms with E-state index in [9.17, 15) is 22.0 Å². The van der Waals surface area contributed by atoms with Crippen LogP contribution in [0, 0.1) is 11.6 Å². The molecule has 5 rings (SSSR count). The molecule has 35 heavy (non-hydrogen) atoms. The molecular formula is C24H20F2N4O3S2. The van der Waals surface area contributed by atoms with E-state index < -0.39 is 27.6 Å². The van der Waals surface area contributed by atoms with Crippen molar-refractivity contribution in [2.24, 2.45) is 0 Å². The molecule has 7 nitrogen and oxygen atoms in total. The summed E-state index contributed by atoms with van der Waals surface area (Å²) in [6.45, 7) is 1.00. The van der Waals surface area contributed by atoms with Crippen LogP contribution >= 0.6 is 11.3 Å². The fourth-order valence-electron chi connectivity index (χ4n) is 3.94. The molecule has 0 aliphatic carbocycles. The molecule has 2 aromatic heterocycles. The number of nitrogens with zero attached hydrogens (tertiary/aromatic N) is 4. The van der Waals surface area contributed by atoms with Crippen LogP contribution in [-0.2, 0) is 16.6 Å². The minimum absolute atomic E-state index is 0.0303. The molecule has 0 unspecified atom stereocenters. The average Bonchev–Trinajstić information content (AvgIpc) is 3.54. The first-order valence-electron chi connectivity index (χ1n) is 10.9. The Bertz CT molecular complexity index is 1490. The molecule has 1 amide bonds. The van der Waals surface area contributed by atoms with Crippen molar-refractivity contribution in [2.45, 2.75) is 24.3 Å². The minimum atomic E-state index is -3.62. The van der Waals surface area contributed by atoms with Gasteiger partial charge in [-0.05, 0) is 55.3 Å². The van der Waals surface area contributed by atoms with E-state index in [4.69, 9.17) is 0 Å². The fourth-order valence-corrected chi connectivity index (χ4v) is 6.46. The summed E-state index contributed by atoms with van der Waals surface area (Å²) in [4.78, 5) is 23.5. The maximum atomic E-state index is 14.3. The van der Waals surface area contributed by atoms with Crippen molar-refractivity contribution in [3.63, 3.8) is 0 Å². The molecule has 0 N–H and O–H groups in total. The zero-order chi connectivity index (χ0) is 24.6. The lowest BCUT2D eigenvalue weighted by Gasteiger charge is -2.20. The number of thiazole rings is 1. The van der Waals surface area contributed by atoms with Crippen molar-refractivity contribution in [1.82, 2.24) is 14.3 Å². The van der Waals surface area contributed by atoms with Gasteiger partial charge in [-0.1, -0.05) is 17.4 Å². The first-order valence-corrected chi connectivity index (χ1v) is 13.2. The maximum Gasteiger partial charge on any atom is 0.260 e. The van der Waals surface area contributed by atoms with Gasteiger partial charge in [-0.2, -0.15) is 4.31 Å². The lowest BCUT2D eigenvalue weighted by atomic mass is 10.2. The lowest BCUT2D eigenvalue weighted by Crippen LogP contribution is -2.31. The van der Waals surface area contributed by atoms with E-state index in [0.717, 1.165) is 30.2 Å². The van der Waals surface area contributed by atoms with Crippen LogP contribution in [-0.4, -0.2) is 41.7 Å². The van der Waals surface area contributed by atoms with E-state index in [2.05, 4.69) is 9.97 Å². The van der Waals surface area contributed by atoms with E-state index in [-0.39, 0.29) is 32.4 Å². The van der Waals surface area contributed by atoms with Gasteiger partial charge in [0.25, 0.3) is 5.91 Å². The highest BCUT2D eigenvalue weighted by Gasteiger charge is 2.28. The second-order valence-corrected chi connectivity index (χ2v) is 11.0.